The van der Waals surface area contributed by atoms with E-state index in [9.17, 15) is 0 Å². The van der Waals surface area contributed by atoms with Crippen molar-refractivity contribution in [2.45, 2.75) is 48.0 Å². The molecular formula is C23H27N3. The van der Waals surface area contributed by atoms with Crippen LogP contribution < -0.4 is 0 Å². The molecule has 0 aliphatic rings. The maximum Gasteiger partial charge on any atom is 0.125 e. The Labute approximate surface area is 156 Å². The van der Waals surface area contributed by atoms with Crippen molar-refractivity contribution >= 4 is 0 Å². The van der Waals surface area contributed by atoms with Gasteiger partial charge in [0.25, 0.3) is 0 Å². The lowest BCUT2D eigenvalue weighted by atomic mass is 9.84. The van der Waals surface area contributed by atoms with Crippen LogP contribution >= 0.6 is 0 Å². The molecule has 0 aliphatic carbocycles. The summed E-state index contributed by atoms with van der Waals surface area (Å²) in [6.07, 6.45) is 2.97. The van der Waals surface area contributed by atoms with Gasteiger partial charge in [-0.1, -0.05) is 51.1 Å². The van der Waals surface area contributed by atoms with E-state index in [-0.39, 0.29) is 5.41 Å². The van der Waals surface area contributed by atoms with E-state index in [1.54, 1.807) is 0 Å². The minimum absolute atomic E-state index is 0.178. The first-order valence-electron chi connectivity index (χ1n) is 9.11. The molecule has 3 rings (SSSR count). The van der Waals surface area contributed by atoms with Crippen molar-refractivity contribution in [3.8, 4) is 22.4 Å². The van der Waals surface area contributed by atoms with Gasteiger partial charge >= 0.3 is 0 Å². The number of aryl methyl sites for hydroxylation is 3. The van der Waals surface area contributed by atoms with Crippen molar-refractivity contribution in [3.63, 3.8) is 0 Å². The van der Waals surface area contributed by atoms with Crippen LogP contribution in [0.4, 0.5) is 0 Å². The van der Waals surface area contributed by atoms with Crippen LogP contribution in [0.15, 0.2) is 42.6 Å². The minimum Gasteiger partial charge on any atom is -0.256 e. The minimum atomic E-state index is 0.178. The van der Waals surface area contributed by atoms with Gasteiger partial charge in [0.05, 0.1) is 5.69 Å². The van der Waals surface area contributed by atoms with Gasteiger partial charge in [0, 0.05) is 34.3 Å². The summed E-state index contributed by atoms with van der Waals surface area (Å²) in [6.45, 7) is 12.9. The highest BCUT2D eigenvalue weighted by Gasteiger charge is 2.19. The molecule has 0 bridgehead atoms. The lowest BCUT2D eigenvalue weighted by Gasteiger charge is -2.22. The third-order valence-electron chi connectivity index (χ3n) is 4.43. The van der Waals surface area contributed by atoms with E-state index in [2.05, 4.69) is 74.9 Å². The lowest BCUT2D eigenvalue weighted by Crippen LogP contribution is -2.11. The van der Waals surface area contributed by atoms with Gasteiger partial charge in [-0.15, -0.1) is 0 Å². The maximum atomic E-state index is 4.77. The molecular weight excluding hydrogens is 318 g/mol. The van der Waals surface area contributed by atoms with Gasteiger partial charge < -0.3 is 0 Å². The van der Waals surface area contributed by atoms with Crippen molar-refractivity contribution < 1.29 is 0 Å². The van der Waals surface area contributed by atoms with Gasteiger partial charge in [-0.05, 0) is 44.2 Å². The second-order valence-corrected chi connectivity index (χ2v) is 8.15. The molecule has 1 aromatic carbocycles. The molecule has 0 spiro atoms. The summed E-state index contributed by atoms with van der Waals surface area (Å²) >= 11 is 0. The molecule has 0 aliphatic heterocycles. The predicted molar refractivity (Wildman–Crippen MR) is 108 cm³/mol. The van der Waals surface area contributed by atoms with Crippen molar-refractivity contribution in [1.29, 1.82) is 0 Å². The smallest absolute Gasteiger partial charge is 0.125 e. The molecule has 26 heavy (non-hydrogen) atoms. The molecule has 3 aromatic rings. The normalized spacial score (nSPS) is 11.6. The number of aromatic nitrogens is 3. The largest absolute Gasteiger partial charge is 0.256 e. The Morgan fingerprint density at radius 2 is 1.50 bits per heavy atom. The maximum absolute atomic E-state index is 4.77. The summed E-state index contributed by atoms with van der Waals surface area (Å²) in [4.78, 5) is 13.9. The van der Waals surface area contributed by atoms with Gasteiger partial charge in [-0.3, -0.25) is 4.98 Å². The molecule has 134 valence electrons. The summed E-state index contributed by atoms with van der Waals surface area (Å²) in [7, 11) is 0. The van der Waals surface area contributed by atoms with Gasteiger partial charge in [0.1, 0.15) is 5.82 Å². The Morgan fingerprint density at radius 3 is 2.08 bits per heavy atom. The molecule has 3 heteroatoms. The van der Waals surface area contributed by atoms with Gasteiger partial charge in [0.15, 0.2) is 0 Å². The fourth-order valence-corrected chi connectivity index (χ4v) is 3.48. The highest BCUT2D eigenvalue weighted by Crippen LogP contribution is 2.34. The molecule has 2 aromatic heterocycles. The standard InChI is InChI=1S/C23H27N3/c1-15-22(16(2)26-17(3)25-15)20-14-24-21(18-10-8-7-9-11-18)12-19(20)13-23(4,5)6/h7-12,14H,13H2,1-6H3. The zero-order valence-corrected chi connectivity index (χ0v) is 16.6. The second-order valence-electron chi connectivity index (χ2n) is 8.15. The molecule has 0 unspecified atom stereocenters. The van der Waals surface area contributed by atoms with Crippen molar-refractivity contribution in [2.75, 3.05) is 0 Å². The first kappa shape index (κ1) is 18.2. The summed E-state index contributed by atoms with van der Waals surface area (Å²) in [6, 6.07) is 12.6. The third kappa shape index (κ3) is 3.98. The number of rotatable bonds is 3. The summed E-state index contributed by atoms with van der Waals surface area (Å²) < 4.78 is 0. The van der Waals surface area contributed by atoms with Crippen molar-refractivity contribution in [3.05, 3.63) is 65.4 Å². The van der Waals surface area contributed by atoms with Crippen LogP contribution in [0.1, 0.15) is 43.5 Å². The number of benzene rings is 1. The lowest BCUT2D eigenvalue weighted by molar-refractivity contribution is 0.411. The molecule has 0 saturated heterocycles. The van der Waals surface area contributed by atoms with E-state index < -0.39 is 0 Å². The number of hydrogen-bond donors (Lipinski definition) is 0. The zero-order chi connectivity index (χ0) is 18.9. The molecule has 0 saturated carbocycles. The first-order chi connectivity index (χ1) is 12.2. The van der Waals surface area contributed by atoms with E-state index in [1.165, 1.54) is 5.56 Å². The van der Waals surface area contributed by atoms with E-state index in [1.807, 2.05) is 19.2 Å². The molecule has 0 radical (unpaired) electrons. The number of nitrogens with zero attached hydrogens (tertiary/aromatic N) is 3. The van der Waals surface area contributed by atoms with Crippen LogP contribution in [0.3, 0.4) is 0 Å². The van der Waals surface area contributed by atoms with E-state index in [4.69, 9.17) is 4.98 Å². The van der Waals surface area contributed by atoms with Crippen LogP contribution in [0.25, 0.3) is 22.4 Å². The van der Waals surface area contributed by atoms with E-state index in [0.717, 1.165) is 46.0 Å². The van der Waals surface area contributed by atoms with E-state index >= 15 is 0 Å². The van der Waals surface area contributed by atoms with Crippen LogP contribution in [0, 0.1) is 26.2 Å². The summed E-state index contributed by atoms with van der Waals surface area (Å²) in [5, 5.41) is 0. The summed E-state index contributed by atoms with van der Waals surface area (Å²) in [5.74, 6) is 0.815. The predicted octanol–water partition coefficient (Wildman–Crippen LogP) is 5.72. The molecule has 0 N–H and O–H groups in total. The third-order valence-corrected chi connectivity index (χ3v) is 4.43. The van der Waals surface area contributed by atoms with Crippen LogP contribution in [0.5, 0.6) is 0 Å². The second kappa shape index (κ2) is 6.99. The Bertz CT molecular complexity index is 899. The molecule has 0 amide bonds. The molecule has 3 nitrogen and oxygen atoms in total. The monoisotopic (exact) mass is 345 g/mol. The van der Waals surface area contributed by atoms with Gasteiger partial charge in [-0.2, -0.15) is 0 Å². The highest BCUT2D eigenvalue weighted by atomic mass is 14.9. The Kier molecular flexibility index (Phi) is 4.90. The Hall–Kier alpha value is -2.55. The topological polar surface area (TPSA) is 38.7 Å². The van der Waals surface area contributed by atoms with E-state index in [0.29, 0.717) is 0 Å². The molecule has 2 heterocycles. The number of pyridine rings is 1. The molecule has 0 atom stereocenters. The Balaban J connectivity index is 2.19. The van der Waals surface area contributed by atoms with Crippen LogP contribution in [0.2, 0.25) is 0 Å². The zero-order valence-electron chi connectivity index (χ0n) is 16.6. The van der Waals surface area contributed by atoms with Crippen LogP contribution in [-0.2, 0) is 6.42 Å². The van der Waals surface area contributed by atoms with Gasteiger partial charge in [-0.25, -0.2) is 9.97 Å². The average Bonchev–Trinajstić information content (AvgIpc) is 2.54. The van der Waals surface area contributed by atoms with Crippen molar-refractivity contribution in [1.82, 2.24) is 15.0 Å². The number of hydrogen-bond acceptors (Lipinski definition) is 3. The van der Waals surface area contributed by atoms with Crippen LogP contribution in [-0.4, -0.2) is 15.0 Å². The highest BCUT2D eigenvalue weighted by molar-refractivity contribution is 5.73. The first-order valence-corrected chi connectivity index (χ1v) is 9.11. The fourth-order valence-electron chi connectivity index (χ4n) is 3.48. The molecule has 0 fully saturated rings. The quantitative estimate of drug-likeness (QED) is 0.609. The average molecular weight is 345 g/mol. The Morgan fingerprint density at radius 1 is 0.885 bits per heavy atom. The van der Waals surface area contributed by atoms with Gasteiger partial charge in [0.2, 0.25) is 0 Å². The van der Waals surface area contributed by atoms with Crippen molar-refractivity contribution in [2.24, 2.45) is 5.41 Å². The fraction of sp³-hybridized carbons (Fsp3) is 0.348. The summed E-state index contributed by atoms with van der Waals surface area (Å²) in [5.41, 5.74) is 7.91. The SMILES string of the molecule is Cc1nc(C)c(-c2cnc(-c3ccccc3)cc2CC(C)(C)C)c(C)n1.